The van der Waals surface area contributed by atoms with Crippen molar-refractivity contribution in [2.75, 3.05) is 37.4 Å². The number of carbonyl (C=O) groups excluding carboxylic acids is 1. The molecule has 7 nitrogen and oxygen atoms in total. The lowest BCUT2D eigenvalue weighted by Crippen LogP contribution is -3.12. The number of hydrogen-bond donors (Lipinski definition) is 2. The summed E-state index contributed by atoms with van der Waals surface area (Å²) in [6.45, 7) is 4.24. The first-order chi connectivity index (χ1) is 12.1. The Kier molecular flexibility index (Phi) is 6.00. The van der Waals surface area contributed by atoms with Crippen molar-refractivity contribution in [3.05, 3.63) is 35.9 Å². The van der Waals surface area contributed by atoms with Gasteiger partial charge in [0.1, 0.15) is 25.5 Å². The number of amides is 1. The zero-order valence-corrected chi connectivity index (χ0v) is 14.8. The fourth-order valence-electron chi connectivity index (χ4n) is 2.56. The largest absolute Gasteiger partial charge is 0.370 e. The normalized spacial score (nSPS) is 15.3. The van der Waals surface area contributed by atoms with Crippen LogP contribution in [0.25, 0.3) is 0 Å². The molecule has 2 aromatic rings. The van der Waals surface area contributed by atoms with Crippen molar-refractivity contribution in [1.29, 1.82) is 0 Å². The number of hydrogen-bond acceptors (Lipinski definition) is 5. The van der Waals surface area contributed by atoms with Gasteiger partial charge in [-0.1, -0.05) is 23.9 Å². The molecule has 3 rings (SSSR count). The number of benzene rings is 1. The van der Waals surface area contributed by atoms with Crippen LogP contribution in [0.5, 0.6) is 0 Å². The summed E-state index contributed by atoms with van der Waals surface area (Å²) >= 11 is 1.28. The van der Waals surface area contributed by atoms with E-state index in [0.29, 0.717) is 5.16 Å². The summed E-state index contributed by atoms with van der Waals surface area (Å²) < 4.78 is 20.8. The third-order valence-electron chi connectivity index (χ3n) is 4.01. The third kappa shape index (κ3) is 4.77. The van der Waals surface area contributed by atoms with E-state index in [1.807, 2.05) is 11.6 Å². The lowest BCUT2D eigenvalue weighted by molar-refractivity contribution is -0.922. The molecular formula is C16H21FN5O2S+. The summed E-state index contributed by atoms with van der Waals surface area (Å²) in [6, 6.07) is 6.10. The van der Waals surface area contributed by atoms with Gasteiger partial charge in [-0.2, -0.15) is 0 Å². The van der Waals surface area contributed by atoms with Gasteiger partial charge < -0.3 is 19.5 Å². The Hall–Kier alpha value is -1.97. The highest BCUT2D eigenvalue weighted by Gasteiger charge is 2.19. The Morgan fingerprint density at radius 2 is 2.12 bits per heavy atom. The van der Waals surface area contributed by atoms with Crippen LogP contribution in [-0.2, 0) is 23.1 Å². The molecular weight excluding hydrogens is 345 g/mol. The monoisotopic (exact) mass is 366 g/mol. The number of para-hydroxylation sites is 1. The van der Waals surface area contributed by atoms with Gasteiger partial charge in [-0.15, -0.1) is 10.2 Å². The van der Waals surface area contributed by atoms with Crippen molar-refractivity contribution < 1.29 is 18.8 Å². The van der Waals surface area contributed by atoms with Gasteiger partial charge in [-0.25, -0.2) is 4.39 Å². The molecule has 2 heterocycles. The second-order valence-corrected chi connectivity index (χ2v) is 6.76. The van der Waals surface area contributed by atoms with Gasteiger partial charge in [0.25, 0.3) is 0 Å². The molecule has 1 aromatic heterocycles. The Morgan fingerprint density at radius 1 is 1.36 bits per heavy atom. The summed E-state index contributed by atoms with van der Waals surface area (Å²) in [5.41, 5.74) is 0.183. The number of carbonyl (C=O) groups is 1. The zero-order chi connectivity index (χ0) is 17.6. The summed E-state index contributed by atoms with van der Waals surface area (Å²) in [4.78, 5) is 13.4. The number of nitrogens with zero attached hydrogens (tertiary/aromatic N) is 3. The number of nitrogens with one attached hydrogen (secondary N) is 2. The van der Waals surface area contributed by atoms with Crippen molar-refractivity contribution in [3.8, 4) is 0 Å². The molecule has 0 saturated carbocycles. The number of aromatic nitrogens is 3. The number of anilines is 1. The van der Waals surface area contributed by atoms with Crippen LogP contribution in [0, 0.1) is 5.82 Å². The average molecular weight is 366 g/mol. The van der Waals surface area contributed by atoms with E-state index in [0.717, 1.165) is 38.7 Å². The van der Waals surface area contributed by atoms with Crippen LogP contribution in [0.3, 0.4) is 0 Å². The lowest BCUT2D eigenvalue weighted by atomic mass is 10.3. The number of ether oxygens (including phenoxy) is 1. The SMILES string of the molecule is Cn1c(C[NH+]2CCOCC2)nnc1SCC(=O)Nc1ccccc1F. The molecule has 0 atom stereocenters. The van der Waals surface area contributed by atoms with Crippen molar-refractivity contribution in [3.63, 3.8) is 0 Å². The van der Waals surface area contributed by atoms with Crippen molar-refractivity contribution >= 4 is 23.4 Å². The van der Waals surface area contributed by atoms with E-state index >= 15 is 0 Å². The van der Waals surface area contributed by atoms with E-state index in [2.05, 4.69) is 15.5 Å². The van der Waals surface area contributed by atoms with Crippen molar-refractivity contribution in [1.82, 2.24) is 14.8 Å². The predicted molar refractivity (Wildman–Crippen MR) is 92.0 cm³/mol. The predicted octanol–water partition coefficient (Wildman–Crippen LogP) is 0.100. The summed E-state index contributed by atoms with van der Waals surface area (Å²) in [6.07, 6.45) is 0. The van der Waals surface area contributed by atoms with Crippen LogP contribution in [-0.4, -0.2) is 52.7 Å². The van der Waals surface area contributed by atoms with Gasteiger partial charge in [0, 0.05) is 7.05 Å². The van der Waals surface area contributed by atoms with E-state index in [-0.39, 0.29) is 17.3 Å². The highest BCUT2D eigenvalue weighted by molar-refractivity contribution is 7.99. The molecule has 25 heavy (non-hydrogen) atoms. The Bertz CT molecular complexity index is 733. The molecule has 0 radical (unpaired) electrons. The highest BCUT2D eigenvalue weighted by atomic mass is 32.2. The van der Waals surface area contributed by atoms with Crippen LogP contribution in [0.2, 0.25) is 0 Å². The van der Waals surface area contributed by atoms with Gasteiger partial charge in [0.2, 0.25) is 5.91 Å². The zero-order valence-electron chi connectivity index (χ0n) is 14.0. The van der Waals surface area contributed by atoms with Gasteiger partial charge in [0.15, 0.2) is 11.0 Å². The lowest BCUT2D eigenvalue weighted by Gasteiger charge is -2.23. The van der Waals surface area contributed by atoms with E-state index in [1.165, 1.54) is 28.8 Å². The molecule has 134 valence electrons. The number of halogens is 1. The van der Waals surface area contributed by atoms with Gasteiger partial charge in [-0.3, -0.25) is 4.79 Å². The highest BCUT2D eigenvalue weighted by Crippen LogP contribution is 2.17. The maximum Gasteiger partial charge on any atom is 0.234 e. The second kappa shape index (κ2) is 8.41. The molecule has 0 spiro atoms. The van der Waals surface area contributed by atoms with Crippen LogP contribution in [0.1, 0.15) is 5.82 Å². The summed E-state index contributed by atoms with van der Waals surface area (Å²) in [7, 11) is 1.90. The number of morpholine rings is 1. The molecule has 1 aromatic carbocycles. The van der Waals surface area contributed by atoms with Crippen molar-refractivity contribution in [2.45, 2.75) is 11.7 Å². The van der Waals surface area contributed by atoms with E-state index in [9.17, 15) is 9.18 Å². The first-order valence-corrected chi connectivity index (χ1v) is 9.09. The fraction of sp³-hybridized carbons (Fsp3) is 0.438. The number of rotatable bonds is 6. The van der Waals surface area contributed by atoms with Gasteiger partial charge in [-0.05, 0) is 12.1 Å². The fourth-order valence-corrected chi connectivity index (χ4v) is 3.29. The molecule has 0 aliphatic carbocycles. The molecule has 1 amide bonds. The first kappa shape index (κ1) is 17.8. The van der Waals surface area contributed by atoms with E-state index < -0.39 is 5.82 Å². The maximum atomic E-state index is 13.5. The second-order valence-electron chi connectivity index (χ2n) is 5.81. The Balaban J connectivity index is 1.53. The van der Waals surface area contributed by atoms with Gasteiger partial charge in [0.05, 0.1) is 24.7 Å². The number of quaternary nitrogens is 1. The van der Waals surface area contributed by atoms with Gasteiger partial charge >= 0.3 is 0 Å². The minimum absolute atomic E-state index is 0.144. The summed E-state index contributed by atoms with van der Waals surface area (Å²) in [5.74, 6) is 0.299. The van der Waals surface area contributed by atoms with Crippen LogP contribution < -0.4 is 10.2 Å². The summed E-state index contributed by atoms with van der Waals surface area (Å²) in [5, 5.41) is 11.6. The molecule has 0 unspecified atom stereocenters. The molecule has 1 saturated heterocycles. The molecule has 1 aliphatic rings. The van der Waals surface area contributed by atoms with Crippen LogP contribution >= 0.6 is 11.8 Å². The first-order valence-electron chi connectivity index (χ1n) is 8.10. The van der Waals surface area contributed by atoms with Crippen LogP contribution in [0.15, 0.2) is 29.4 Å². The molecule has 0 bridgehead atoms. The average Bonchev–Trinajstić information content (AvgIpc) is 2.96. The minimum atomic E-state index is -0.449. The Morgan fingerprint density at radius 3 is 2.88 bits per heavy atom. The van der Waals surface area contributed by atoms with E-state index in [4.69, 9.17) is 4.74 Å². The maximum absolute atomic E-state index is 13.5. The molecule has 9 heteroatoms. The third-order valence-corrected chi connectivity index (χ3v) is 5.03. The smallest absolute Gasteiger partial charge is 0.234 e. The minimum Gasteiger partial charge on any atom is -0.370 e. The molecule has 2 N–H and O–H groups in total. The quantitative estimate of drug-likeness (QED) is 0.710. The molecule has 1 aliphatic heterocycles. The standard InChI is InChI=1S/C16H20FN5O2S/c1-21-14(10-22-6-8-24-9-7-22)19-20-16(21)25-11-15(23)18-13-5-3-2-4-12(13)17/h2-5H,6-11H2,1H3,(H,18,23)/p+1. The molecule has 1 fully saturated rings. The van der Waals surface area contributed by atoms with Crippen LogP contribution in [0.4, 0.5) is 10.1 Å². The number of thioether (sulfide) groups is 1. The van der Waals surface area contributed by atoms with E-state index in [1.54, 1.807) is 12.1 Å². The van der Waals surface area contributed by atoms with Crippen molar-refractivity contribution in [2.24, 2.45) is 7.05 Å². The Labute approximate surface area is 149 Å². The topological polar surface area (TPSA) is 73.5 Å².